The van der Waals surface area contributed by atoms with Gasteiger partial charge in [-0.1, -0.05) is 0 Å². The Kier molecular flexibility index (Phi) is 6.86. The van der Waals surface area contributed by atoms with Crippen molar-refractivity contribution in [1.82, 2.24) is 9.80 Å². The molecule has 0 radical (unpaired) electrons. The number of benzene rings is 1. The minimum absolute atomic E-state index is 0.111. The van der Waals surface area contributed by atoms with E-state index in [1.165, 1.54) is 0 Å². The molecule has 9 heteroatoms. The molecule has 0 bridgehead atoms. The number of likely N-dealkylation sites (tertiary alicyclic amines) is 2. The SMILES string of the molecule is NC(=O)c1c(C2(Cl)CCCC2N2CCCC2)cc(C(F)(F)F)cc1C1(Cl)CCCC1N1CCCC1. The van der Waals surface area contributed by atoms with Crippen molar-refractivity contribution in [1.29, 1.82) is 0 Å². The Bertz CT molecular complexity index is 916. The first-order valence-corrected chi connectivity index (χ1v) is 13.7. The normalized spacial score (nSPS) is 34.8. The number of halogens is 5. The molecule has 2 saturated carbocycles. The van der Waals surface area contributed by atoms with Crippen LogP contribution in [0.5, 0.6) is 0 Å². The Morgan fingerprint density at radius 3 is 1.57 bits per heavy atom. The van der Waals surface area contributed by atoms with Gasteiger partial charge in [0.1, 0.15) is 0 Å². The van der Waals surface area contributed by atoms with Crippen molar-refractivity contribution in [3.63, 3.8) is 0 Å². The summed E-state index contributed by atoms with van der Waals surface area (Å²) in [4.78, 5) is 15.4. The molecule has 4 aliphatic rings. The Balaban J connectivity index is 1.71. The topological polar surface area (TPSA) is 49.6 Å². The molecule has 4 atom stereocenters. The molecule has 2 heterocycles. The van der Waals surface area contributed by atoms with Crippen LogP contribution in [0.1, 0.15) is 91.3 Å². The maximum atomic E-state index is 14.3. The van der Waals surface area contributed by atoms with E-state index in [1.54, 1.807) is 0 Å². The van der Waals surface area contributed by atoms with Crippen LogP contribution in [0.2, 0.25) is 0 Å². The number of carbonyl (C=O) groups excluding carboxylic acids is 1. The van der Waals surface area contributed by atoms with E-state index in [1.807, 2.05) is 0 Å². The van der Waals surface area contributed by atoms with Crippen molar-refractivity contribution in [2.45, 2.75) is 92.2 Å². The lowest BCUT2D eigenvalue weighted by molar-refractivity contribution is -0.137. The number of nitrogens with two attached hydrogens (primary N) is 1. The fourth-order valence-corrected chi connectivity index (χ4v) is 8.36. The van der Waals surface area contributed by atoms with Crippen LogP contribution < -0.4 is 5.73 Å². The van der Waals surface area contributed by atoms with Crippen molar-refractivity contribution >= 4 is 29.1 Å². The van der Waals surface area contributed by atoms with Gasteiger partial charge in [0.25, 0.3) is 0 Å². The molecular formula is C26H34Cl2F3N3O. The van der Waals surface area contributed by atoms with E-state index in [4.69, 9.17) is 28.9 Å². The van der Waals surface area contributed by atoms with Crippen molar-refractivity contribution < 1.29 is 18.0 Å². The third kappa shape index (κ3) is 4.38. The van der Waals surface area contributed by atoms with E-state index in [-0.39, 0.29) is 28.8 Å². The number of hydrogen-bond donors (Lipinski definition) is 1. The molecule has 1 aromatic rings. The number of alkyl halides is 5. The number of rotatable bonds is 5. The summed E-state index contributed by atoms with van der Waals surface area (Å²) in [6.07, 6.45) is 3.74. The molecule has 1 amide bonds. The molecule has 5 rings (SSSR count). The highest BCUT2D eigenvalue weighted by molar-refractivity contribution is 6.27. The van der Waals surface area contributed by atoms with Gasteiger partial charge in [0.15, 0.2) is 0 Å². The van der Waals surface area contributed by atoms with Crippen molar-refractivity contribution in [2.75, 3.05) is 26.2 Å². The van der Waals surface area contributed by atoms with Gasteiger partial charge < -0.3 is 5.73 Å². The number of nitrogens with zero attached hydrogens (tertiary/aromatic N) is 2. The molecule has 4 unspecified atom stereocenters. The standard InChI is InChI=1S/C26H34Cl2F3N3O/c27-24(9-5-7-20(24)33-11-1-2-12-33)18-15-17(26(29,30)31)16-19(22(18)23(32)35)25(28)10-6-8-21(25)34-13-3-4-14-34/h15-16,20-21H,1-14H2,(H2,32,35). The molecule has 35 heavy (non-hydrogen) atoms. The van der Waals surface area contributed by atoms with E-state index in [0.717, 1.165) is 89.7 Å². The van der Waals surface area contributed by atoms with Gasteiger partial charge in [0.05, 0.1) is 15.3 Å². The highest BCUT2D eigenvalue weighted by Gasteiger charge is 2.53. The maximum absolute atomic E-state index is 14.3. The minimum atomic E-state index is -4.59. The van der Waals surface area contributed by atoms with Crippen LogP contribution in [0.4, 0.5) is 13.2 Å². The van der Waals surface area contributed by atoms with Gasteiger partial charge >= 0.3 is 6.18 Å². The fourth-order valence-electron chi connectivity index (χ4n) is 7.30. The van der Waals surface area contributed by atoms with Crippen molar-refractivity contribution in [3.05, 3.63) is 34.4 Å². The van der Waals surface area contributed by atoms with Gasteiger partial charge in [0.2, 0.25) is 5.91 Å². The zero-order valence-electron chi connectivity index (χ0n) is 20.0. The second kappa shape index (κ2) is 9.38. The predicted octanol–water partition coefficient (Wildman–Crippen LogP) is 5.97. The Morgan fingerprint density at radius 2 is 1.23 bits per heavy atom. The first-order chi connectivity index (χ1) is 16.6. The largest absolute Gasteiger partial charge is 0.416 e. The highest BCUT2D eigenvalue weighted by atomic mass is 35.5. The van der Waals surface area contributed by atoms with E-state index in [2.05, 4.69) is 9.80 Å². The molecule has 2 aliphatic carbocycles. The summed E-state index contributed by atoms with van der Waals surface area (Å²) < 4.78 is 42.8. The number of amides is 1. The number of primary amides is 1. The summed E-state index contributed by atoms with van der Waals surface area (Å²) in [5.41, 5.74) is 5.71. The third-order valence-corrected chi connectivity index (χ3v) is 10.2. The first-order valence-electron chi connectivity index (χ1n) is 13.0. The van der Waals surface area contributed by atoms with E-state index < -0.39 is 27.4 Å². The quantitative estimate of drug-likeness (QED) is 0.476. The molecule has 4 nitrogen and oxygen atoms in total. The molecule has 4 fully saturated rings. The monoisotopic (exact) mass is 531 g/mol. The summed E-state index contributed by atoms with van der Waals surface area (Å²) in [6.45, 7) is 3.47. The Labute approximate surface area is 215 Å². The van der Waals surface area contributed by atoms with Gasteiger partial charge in [-0.25, -0.2) is 0 Å². The van der Waals surface area contributed by atoms with Gasteiger partial charge in [0, 0.05) is 17.6 Å². The lowest BCUT2D eigenvalue weighted by Gasteiger charge is -2.41. The summed E-state index contributed by atoms with van der Waals surface area (Å²) in [5.74, 6) is -0.747. The fraction of sp³-hybridized carbons (Fsp3) is 0.731. The summed E-state index contributed by atoms with van der Waals surface area (Å²) in [7, 11) is 0. The van der Waals surface area contributed by atoms with Crippen LogP contribution in [0.3, 0.4) is 0 Å². The molecule has 2 saturated heterocycles. The van der Waals surface area contributed by atoms with E-state index >= 15 is 0 Å². The zero-order chi connectivity index (χ0) is 25.0. The average molecular weight is 532 g/mol. The van der Waals surface area contributed by atoms with Gasteiger partial charge in [-0.3, -0.25) is 14.6 Å². The lowest BCUT2D eigenvalue weighted by Crippen LogP contribution is -2.46. The average Bonchev–Trinajstić information content (AvgIpc) is 3.59. The molecule has 0 spiro atoms. The molecule has 194 valence electrons. The summed E-state index contributed by atoms with van der Waals surface area (Å²) in [5, 5.41) is 0. The van der Waals surface area contributed by atoms with E-state index in [9.17, 15) is 18.0 Å². The van der Waals surface area contributed by atoms with Crippen LogP contribution in [0.15, 0.2) is 12.1 Å². The second-order valence-electron chi connectivity index (χ2n) is 10.8. The summed E-state index contributed by atoms with van der Waals surface area (Å²) in [6, 6.07) is 1.91. The Hall–Kier alpha value is -1.02. The molecule has 1 aromatic carbocycles. The van der Waals surface area contributed by atoms with Gasteiger partial charge in [-0.2, -0.15) is 13.2 Å². The molecular weight excluding hydrogens is 498 g/mol. The predicted molar refractivity (Wildman–Crippen MR) is 132 cm³/mol. The van der Waals surface area contributed by atoms with Crippen molar-refractivity contribution in [2.24, 2.45) is 5.73 Å². The molecule has 2 N–H and O–H groups in total. The second-order valence-corrected chi connectivity index (χ2v) is 12.2. The first kappa shape index (κ1) is 25.6. The number of carbonyl (C=O) groups is 1. The van der Waals surface area contributed by atoms with Gasteiger partial charge in [-0.15, -0.1) is 23.2 Å². The maximum Gasteiger partial charge on any atom is 0.416 e. The molecule has 2 aliphatic heterocycles. The van der Waals surface area contributed by atoms with Crippen LogP contribution in [-0.4, -0.2) is 54.0 Å². The van der Waals surface area contributed by atoms with Crippen LogP contribution >= 0.6 is 23.2 Å². The van der Waals surface area contributed by atoms with Crippen molar-refractivity contribution in [3.8, 4) is 0 Å². The van der Waals surface area contributed by atoms with E-state index in [0.29, 0.717) is 12.8 Å². The smallest absolute Gasteiger partial charge is 0.366 e. The highest BCUT2D eigenvalue weighted by Crippen LogP contribution is 2.55. The Morgan fingerprint density at radius 1 is 0.829 bits per heavy atom. The molecule has 0 aromatic heterocycles. The summed E-state index contributed by atoms with van der Waals surface area (Å²) >= 11 is 14.7. The van der Waals surface area contributed by atoms with Gasteiger partial charge in [-0.05, 0) is 114 Å². The third-order valence-electron chi connectivity index (χ3n) is 8.86. The number of hydrogen-bond acceptors (Lipinski definition) is 3. The van der Waals surface area contributed by atoms with Crippen LogP contribution in [0, 0.1) is 0 Å². The van der Waals surface area contributed by atoms with Crippen LogP contribution in [0.25, 0.3) is 0 Å². The zero-order valence-corrected chi connectivity index (χ0v) is 21.5. The minimum Gasteiger partial charge on any atom is -0.366 e. The van der Waals surface area contributed by atoms with Crippen LogP contribution in [-0.2, 0) is 15.9 Å². The lowest BCUT2D eigenvalue weighted by atomic mass is 9.79.